The molecule has 0 atom stereocenters. The number of alkyl halides is 3. The van der Waals surface area contributed by atoms with E-state index in [-0.39, 0.29) is 17.0 Å². The zero-order chi connectivity index (χ0) is 20.9. The van der Waals surface area contributed by atoms with Gasteiger partial charge in [-0.05, 0) is 36.4 Å². The second-order valence-corrected chi connectivity index (χ2v) is 5.31. The number of hydrogen-bond acceptors (Lipinski definition) is 6. The highest BCUT2D eigenvalue weighted by molar-refractivity contribution is 6.05. The monoisotopic (exact) mass is 396 g/mol. The lowest BCUT2D eigenvalue weighted by Gasteiger charge is -2.23. The van der Waals surface area contributed by atoms with Crippen molar-refractivity contribution in [3.63, 3.8) is 0 Å². The third-order valence-electron chi connectivity index (χ3n) is 3.55. The second-order valence-electron chi connectivity index (χ2n) is 5.31. The Morgan fingerprint density at radius 1 is 0.964 bits per heavy atom. The van der Waals surface area contributed by atoms with Gasteiger partial charge < -0.3 is 19.7 Å². The summed E-state index contributed by atoms with van der Waals surface area (Å²) in [6.45, 7) is 0. The van der Waals surface area contributed by atoms with Crippen LogP contribution in [-0.2, 0) is 23.9 Å². The lowest BCUT2D eigenvalue weighted by atomic mass is 10.1. The van der Waals surface area contributed by atoms with E-state index in [1.807, 2.05) is 0 Å². The number of hydrogen-bond donors (Lipinski definition) is 1. The number of benzene rings is 1. The minimum Gasteiger partial charge on any atom is -0.465 e. The van der Waals surface area contributed by atoms with Crippen LogP contribution in [0, 0.1) is 0 Å². The van der Waals surface area contributed by atoms with Crippen molar-refractivity contribution in [3.05, 3.63) is 60.0 Å². The van der Waals surface area contributed by atoms with Crippen LogP contribution in [0.4, 0.5) is 24.5 Å². The second kappa shape index (κ2) is 8.42. The van der Waals surface area contributed by atoms with E-state index in [9.17, 15) is 27.6 Å². The van der Waals surface area contributed by atoms with Gasteiger partial charge in [0, 0.05) is 17.6 Å². The third kappa shape index (κ3) is 4.58. The molecule has 0 radical (unpaired) electrons. The maximum absolute atomic E-state index is 12.3. The minimum atomic E-state index is -5.02. The van der Waals surface area contributed by atoms with Gasteiger partial charge in [-0.15, -0.1) is 0 Å². The standard InChI is InChI=1S/C18H15F3N2O5/c1-27-15(24)13-5-3-4-10-23(14(13)16(25)28-2)12-8-6-11(7-9-12)22-17(26)18(19,20)21/h3-10H,1-2H3,(H,22,26). The summed E-state index contributed by atoms with van der Waals surface area (Å²) in [6.07, 6.45) is 0.855. The van der Waals surface area contributed by atoms with E-state index in [2.05, 4.69) is 4.74 Å². The summed E-state index contributed by atoms with van der Waals surface area (Å²) >= 11 is 0. The van der Waals surface area contributed by atoms with Crippen LogP contribution in [0.3, 0.4) is 0 Å². The van der Waals surface area contributed by atoms with Gasteiger partial charge in [-0.1, -0.05) is 6.08 Å². The summed E-state index contributed by atoms with van der Waals surface area (Å²) in [7, 11) is 2.29. The Balaban J connectivity index is 2.42. The fourth-order valence-corrected chi connectivity index (χ4v) is 2.27. The number of nitrogens with one attached hydrogen (secondary N) is 1. The van der Waals surface area contributed by atoms with Gasteiger partial charge in [0.05, 0.1) is 19.8 Å². The first-order chi connectivity index (χ1) is 13.2. The molecule has 0 saturated heterocycles. The van der Waals surface area contributed by atoms with Crippen LogP contribution in [0.2, 0.25) is 0 Å². The first kappa shape index (κ1) is 20.7. The van der Waals surface area contributed by atoms with Gasteiger partial charge in [0.15, 0.2) is 0 Å². The number of allylic oxidation sites excluding steroid dienone is 2. The molecule has 0 spiro atoms. The van der Waals surface area contributed by atoms with E-state index >= 15 is 0 Å². The van der Waals surface area contributed by atoms with Gasteiger partial charge in [0.1, 0.15) is 5.70 Å². The molecule has 1 N–H and O–H groups in total. The van der Waals surface area contributed by atoms with Gasteiger partial charge in [0.25, 0.3) is 0 Å². The van der Waals surface area contributed by atoms with Crippen molar-refractivity contribution in [1.29, 1.82) is 0 Å². The smallest absolute Gasteiger partial charge is 0.465 e. The van der Waals surface area contributed by atoms with Crippen LogP contribution < -0.4 is 10.2 Å². The Morgan fingerprint density at radius 3 is 2.11 bits per heavy atom. The first-order valence-corrected chi connectivity index (χ1v) is 7.72. The number of methoxy groups -OCH3 is 2. The SMILES string of the molecule is COC(=O)C1=C(C(=O)OC)N(c2ccc(NC(=O)C(F)(F)F)cc2)C=CC=C1. The quantitative estimate of drug-likeness (QED) is 0.788. The van der Waals surface area contributed by atoms with E-state index < -0.39 is 24.0 Å². The van der Waals surface area contributed by atoms with Crippen LogP contribution in [-0.4, -0.2) is 38.2 Å². The Bertz CT molecular complexity index is 870. The van der Waals surface area contributed by atoms with Crippen molar-refractivity contribution in [1.82, 2.24) is 0 Å². The van der Waals surface area contributed by atoms with Crippen molar-refractivity contribution in [2.45, 2.75) is 6.18 Å². The number of esters is 2. The lowest BCUT2D eigenvalue weighted by Crippen LogP contribution is -2.30. The van der Waals surface area contributed by atoms with Gasteiger partial charge >= 0.3 is 24.0 Å². The molecule has 0 unspecified atom stereocenters. The number of amides is 1. The Kier molecular flexibility index (Phi) is 6.24. The topological polar surface area (TPSA) is 84.9 Å². The molecule has 1 aliphatic rings. The average Bonchev–Trinajstić information content (AvgIpc) is 2.89. The van der Waals surface area contributed by atoms with Crippen LogP contribution >= 0.6 is 0 Å². The fraction of sp³-hybridized carbons (Fsp3) is 0.167. The molecule has 1 amide bonds. The molecule has 7 nitrogen and oxygen atoms in total. The number of ether oxygens (including phenoxy) is 2. The Morgan fingerprint density at radius 2 is 1.57 bits per heavy atom. The Labute approximate surface area is 157 Å². The van der Waals surface area contributed by atoms with Crippen molar-refractivity contribution >= 4 is 29.2 Å². The first-order valence-electron chi connectivity index (χ1n) is 7.72. The normalized spacial score (nSPS) is 13.8. The van der Waals surface area contributed by atoms with Crippen molar-refractivity contribution in [2.24, 2.45) is 0 Å². The molecule has 0 fully saturated rings. The summed E-state index contributed by atoms with van der Waals surface area (Å²) in [5.74, 6) is -3.72. The summed E-state index contributed by atoms with van der Waals surface area (Å²) in [5.41, 5.74) is 0.00628. The molecular formula is C18H15F3N2O5. The van der Waals surface area contributed by atoms with E-state index in [0.29, 0.717) is 5.69 Å². The summed E-state index contributed by atoms with van der Waals surface area (Å²) in [6, 6.07) is 5.16. The predicted molar refractivity (Wildman–Crippen MR) is 92.9 cm³/mol. The molecule has 2 rings (SSSR count). The fourth-order valence-electron chi connectivity index (χ4n) is 2.27. The van der Waals surface area contributed by atoms with Crippen LogP contribution in [0.25, 0.3) is 0 Å². The molecule has 0 aromatic heterocycles. The molecule has 10 heteroatoms. The zero-order valence-corrected chi connectivity index (χ0v) is 14.7. The predicted octanol–water partition coefficient (Wildman–Crippen LogP) is 2.68. The largest absolute Gasteiger partial charge is 0.471 e. The number of carbonyl (C=O) groups excluding carboxylic acids is 3. The van der Waals surface area contributed by atoms with Gasteiger partial charge in [-0.25, -0.2) is 9.59 Å². The summed E-state index contributed by atoms with van der Waals surface area (Å²) in [4.78, 5) is 36.7. The lowest BCUT2D eigenvalue weighted by molar-refractivity contribution is -0.167. The molecule has 28 heavy (non-hydrogen) atoms. The van der Waals surface area contributed by atoms with E-state index in [1.54, 1.807) is 5.32 Å². The van der Waals surface area contributed by atoms with Gasteiger partial charge in [-0.2, -0.15) is 13.2 Å². The highest BCUT2D eigenvalue weighted by Gasteiger charge is 2.38. The maximum Gasteiger partial charge on any atom is 0.471 e. The molecule has 1 aromatic rings. The van der Waals surface area contributed by atoms with Crippen molar-refractivity contribution in [2.75, 3.05) is 24.4 Å². The van der Waals surface area contributed by atoms with Crippen LogP contribution in [0.15, 0.2) is 60.0 Å². The number of carbonyl (C=O) groups is 3. The minimum absolute atomic E-state index is 0.0752. The molecule has 1 aliphatic heterocycles. The summed E-state index contributed by atoms with van der Waals surface area (Å²) in [5, 5.41) is 1.72. The van der Waals surface area contributed by atoms with Crippen molar-refractivity contribution in [3.8, 4) is 0 Å². The molecule has 1 aromatic carbocycles. The van der Waals surface area contributed by atoms with Gasteiger partial charge in [-0.3, -0.25) is 4.79 Å². The molecule has 1 heterocycles. The van der Waals surface area contributed by atoms with Crippen molar-refractivity contribution < 1.29 is 37.0 Å². The van der Waals surface area contributed by atoms with Crippen LogP contribution in [0.1, 0.15) is 0 Å². The average molecular weight is 396 g/mol. The molecule has 148 valence electrons. The number of halogens is 3. The summed E-state index contributed by atoms with van der Waals surface area (Å²) < 4.78 is 46.5. The molecule has 0 saturated carbocycles. The molecule has 0 aliphatic carbocycles. The molecular weight excluding hydrogens is 381 g/mol. The molecule has 0 bridgehead atoms. The maximum atomic E-state index is 12.3. The highest BCUT2D eigenvalue weighted by Crippen LogP contribution is 2.28. The zero-order valence-electron chi connectivity index (χ0n) is 14.7. The Hall–Kier alpha value is -3.56. The highest BCUT2D eigenvalue weighted by atomic mass is 19.4. The third-order valence-corrected chi connectivity index (χ3v) is 3.55. The van der Waals surface area contributed by atoms with E-state index in [4.69, 9.17) is 4.74 Å². The van der Waals surface area contributed by atoms with E-state index in [0.717, 1.165) is 14.2 Å². The van der Waals surface area contributed by atoms with Gasteiger partial charge in [0.2, 0.25) is 0 Å². The number of rotatable bonds is 4. The van der Waals surface area contributed by atoms with Crippen LogP contribution in [0.5, 0.6) is 0 Å². The van der Waals surface area contributed by atoms with E-state index in [1.165, 1.54) is 53.6 Å². The number of nitrogens with zero attached hydrogens (tertiary/aromatic N) is 1. The number of anilines is 2.